The molecule has 2 atom stereocenters. The first-order valence-electron chi connectivity index (χ1n) is 6.81. The molecule has 0 bridgehead atoms. The van der Waals surface area contributed by atoms with Crippen molar-refractivity contribution in [2.75, 3.05) is 11.4 Å². The molecular formula is C15H20N2O. The van der Waals surface area contributed by atoms with E-state index in [0.29, 0.717) is 0 Å². The maximum atomic E-state index is 12.5. The number of carbonyl (C=O) groups is 1. The number of hydrogen-bond donors (Lipinski definition) is 1. The van der Waals surface area contributed by atoms with Crippen LogP contribution in [0, 0.1) is 12.8 Å². The van der Waals surface area contributed by atoms with Crippen LogP contribution in [0.3, 0.4) is 0 Å². The number of amides is 1. The Bertz CT molecular complexity index is 483. The van der Waals surface area contributed by atoms with E-state index < -0.39 is 0 Å². The molecule has 0 spiro atoms. The number of aryl methyl sites for hydroxylation is 1. The number of anilines is 1. The van der Waals surface area contributed by atoms with Crippen LogP contribution in [0.15, 0.2) is 18.2 Å². The van der Waals surface area contributed by atoms with Gasteiger partial charge in [0.1, 0.15) is 0 Å². The van der Waals surface area contributed by atoms with E-state index in [1.54, 1.807) is 0 Å². The molecular weight excluding hydrogens is 224 g/mol. The first kappa shape index (κ1) is 11.7. The summed E-state index contributed by atoms with van der Waals surface area (Å²) in [6, 6.07) is 6.63. The van der Waals surface area contributed by atoms with Crippen LogP contribution in [0.4, 0.5) is 5.69 Å². The summed E-state index contributed by atoms with van der Waals surface area (Å²) in [6.07, 6.45) is 3.79. The molecule has 2 aliphatic rings. The Labute approximate surface area is 108 Å². The van der Waals surface area contributed by atoms with Gasteiger partial charge in [0.05, 0.1) is 0 Å². The maximum Gasteiger partial charge on any atom is 0.230 e. The molecule has 1 amide bonds. The van der Waals surface area contributed by atoms with Crippen molar-refractivity contribution in [1.82, 2.24) is 0 Å². The predicted molar refractivity (Wildman–Crippen MR) is 72.6 cm³/mol. The minimum absolute atomic E-state index is 0.145. The van der Waals surface area contributed by atoms with Crippen molar-refractivity contribution in [3.05, 3.63) is 29.3 Å². The SMILES string of the molecule is Cc1ccc2c(c1)N(C(=O)C1CCC(N)C1)CC2. The number of carbonyl (C=O) groups excluding carboxylic acids is 1. The molecule has 0 saturated heterocycles. The Hall–Kier alpha value is -1.35. The van der Waals surface area contributed by atoms with Gasteiger partial charge in [-0.2, -0.15) is 0 Å². The number of fused-ring (bicyclic) bond motifs is 1. The van der Waals surface area contributed by atoms with Crippen molar-refractivity contribution in [2.45, 2.75) is 38.6 Å². The molecule has 1 aliphatic carbocycles. The zero-order valence-electron chi connectivity index (χ0n) is 10.9. The summed E-state index contributed by atoms with van der Waals surface area (Å²) in [6.45, 7) is 2.91. The molecule has 1 saturated carbocycles. The molecule has 3 nitrogen and oxygen atoms in total. The third kappa shape index (κ3) is 1.93. The van der Waals surface area contributed by atoms with Crippen LogP contribution in [-0.4, -0.2) is 18.5 Å². The van der Waals surface area contributed by atoms with Gasteiger partial charge < -0.3 is 10.6 Å². The summed E-state index contributed by atoms with van der Waals surface area (Å²) in [7, 11) is 0. The Balaban J connectivity index is 1.83. The third-order valence-corrected chi connectivity index (χ3v) is 4.22. The standard InChI is InChI=1S/C15H20N2O/c1-10-2-3-11-6-7-17(14(11)8-10)15(18)12-4-5-13(16)9-12/h2-3,8,12-13H,4-7,9,16H2,1H3. The summed E-state index contributed by atoms with van der Waals surface area (Å²) < 4.78 is 0. The van der Waals surface area contributed by atoms with Crippen molar-refractivity contribution in [3.63, 3.8) is 0 Å². The summed E-state index contributed by atoms with van der Waals surface area (Å²) in [5.74, 6) is 0.429. The van der Waals surface area contributed by atoms with Gasteiger partial charge in [-0.1, -0.05) is 12.1 Å². The number of rotatable bonds is 1. The van der Waals surface area contributed by atoms with Gasteiger partial charge in [-0.25, -0.2) is 0 Å². The average molecular weight is 244 g/mol. The van der Waals surface area contributed by atoms with Gasteiger partial charge in [0.15, 0.2) is 0 Å². The van der Waals surface area contributed by atoms with Gasteiger partial charge in [-0.3, -0.25) is 4.79 Å². The fourth-order valence-corrected chi connectivity index (χ4v) is 3.18. The van der Waals surface area contributed by atoms with Crippen molar-refractivity contribution in [3.8, 4) is 0 Å². The van der Waals surface area contributed by atoms with Gasteiger partial charge in [0.25, 0.3) is 0 Å². The van der Waals surface area contributed by atoms with E-state index >= 15 is 0 Å². The highest BCUT2D eigenvalue weighted by Gasteiger charge is 2.34. The number of benzene rings is 1. The topological polar surface area (TPSA) is 46.3 Å². The van der Waals surface area contributed by atoms with Crippen LogP contribution >= 0.6 is 0 Å². The molecule has 96 valence electrons. The van der Waals surface area contributed by atoms with E-state index in [1.807, 2.05) is 4.90 Å². The Morgan fingerprint density at radius 1 is 1.39 bits per heavy atom. The van der Waals surface area contributed by atoms with E-state index in [1.165, 1.54) is 11.1 Å². The van der Waals surface area contributed by atoms with E-state index in [4.69, 9.17) is 5.73 Å². The van der Waals surface area contributed by atoms with Gasteiger partial charge in [-0.05, 0) is 49.8 Å². The normalized spacial score (nSPS) is 26.4. The van der Waals surface area contributed by atoms with Gasteiger partial charge in [0, 0.05) is 24.2 Å². The van der Waals surface area contributed by atoms with Gasteiger partial charge in [-0.15, -0.1) is 0 Å². The van der Waals surface area contributed by atoms with Crippen molar-refractivity contribution >= 4 is 11.6 Å². The molecule has 1 aromatic carbocycles. The second-order valence-corrected chi connectivity index (χ2v) is 5.64. The summed E-state index contributed by atoms with van der Waals surface area (Å²) in [4.78, 5) is 14.5. The molecule has 0 aromatic heterocycles. The van der Waals surface area contributed by atoms with Crippen LogP contribution in [-0.2, 0) is 11.2 Å². The van der Waals surface area contributed by atoms with E-state index in [0.717, 1.165) is 37.9 Å². The zero-order valence-corrected chi connectivity index (χ0v) is 10.9. The van der Waals surface area contributed by atoms with Gasteiger partial charge >= 0.3 is 0 Å². The number of hydrogen-bond acceptors (Lipinski definition) is 2. The lowest BCUT2D eigenvalue weighted by molar-refractivity contribution is -0.122. The molecule has 3 heteroatoms. The minimum atomic E-state index is 0.145. The highest BCUT2D eigenvalue weighted by Crippen LogP contribution is 2.33. The zero-order chi connectivity index (χ0) is 12.7. The molecule has 1 fully saturated rings. The lowest BCUT2D eigenvalue weighted by Gasteiger charge is -2.21. The van der Waals surface area contributed by atoms with Gasteiger partial charge in [0.2, 0.25) is 5.91 Å². The van der Waals surface area contributed by atoms with Crippen LogP contribution < -0.4 is 10.6 Å². The minimum Gasteiger partial charge on any atom is -0.328 e. The van der Waals surface area contributed by atoms with Crippen LogP contribution in [0.1, 0.15) is 30.4 Å². The fraction of sp³-hybridized carbons (Fsp3) is 0.533. The van der Waals surface area contributed by atoms with Crippen LogP contribution in [0.5, 0.6) is 0 Å². The molecule has 18 heavy (non-hydrogen) atoms. The molecule has 1 aliphatic heterocycles. The third-order valence-electron chi connectivity index (χ3n) is 4.22. The molecule has 3 rings (SSSR count). The lowest BCUT2D eigenvalue weighted by Crippen LogP contribution is -2.34. The van der Waals surface area contributed by atoms with E-state index in [-0.39, 0.29) is 17.9 Å². The predicted octanol–water partition coefficient (Wildman–Crippen LogP) is 2.01. The lowest BCUT2D eigenvalue weighted by atomic mass is 10.1. The van der Waals surface area contributed by atoms with Crippen LogP contribution in [0.2, 0.25) is 0 Å². The molecule has 2 unspecified atom stereocenters. The summed E-state index contributed by atoms with van der Waals surface area (Å²) >= 11 is 0. The van der Waals surface area contributed by atoms with Crippen molar-refractivity contribution in [1.29, 1.82) is 0 Å². The monoisotopic (exact) mass is 244 g/mol. The largest absolute Gasteiger partial charge is 0.328 e. The Morgan fingerprint density at radius 2 is 2.22 bits per heavy atom. The smallest absolute Gasteiger partial charge is 0.230 e. The van der Waals surface area contributed by atoms with Crippen LogP contribution in [0.25, 0.3) is 0 Å². The Kier molecular flexibility index (Phi) is 2.86. The second kappa shape index (κ2) is 4.39. The molecule has 2 N–H and O–H groups in total. The first-order valence-corrected chi connectivity index (χ1v) is 6.81. The molecule has 1 heterocycles. The molecule has 0 radical (unpaired) electrons. The quantitative estimate of drug-likeness (QED) is 0.821. The maximum absolute atomic E-state index is 12.5. The molecule has 1 aromatic rings. The highest BCUT2D eigenvalue weighted by molar-refractivity contribution is 5.97. The number of nitrogens with zero attached hydrogens (tertiary/aromatic N) is 1. The average Bonchev–Trinajstić information content (AvgIpc) is 2.94. The first-order chi connectivity index (χ1) is 8.65. The van der Waals surface area contributed by atoms with Crippen molar-refractivity contribution in [2.24, 2.45) is 11.7 Å². The van der Waals surface area contributed by atoms with E-state index in [2.05, 4.69) is 25.1 Å². The fourth-order valence-electron chi connectivity index (χ4n) is 3.18. The summed E-state index contributed by atoms with van der Waals surface area (Å²) in [5.41, 5.74) is 9.56. The van der Waals surface area contributed by atoms with E-state index in [9.17, 15) is 4.79 Å². The number of nitrogens with two attached hydrogens (primary N) is 1. The Morgan fingerprint density at radius 3 is 2.94 bits per heavy atom. The highest BCUT2D eigenvalue weighted by atomic mass is 16.2. The summed E-state index contributed by atoms with van der Waals surface area (Å²) in [5, 5.41) is 0. The second-order valence-electron chi connectivity index (χ2n) is 5.64. The van der Waals surface area contributed by atoms with Crippen molar-refractivity contribution < 1.29 is 4.79 Å².